The van der Waals surface area contributed by atoms with E-state index in [9.17, 15) is 13.0 Å². The molecule has 5 nitrogen and oxygen atoms in total. The van der Waals surface area contributed by atoms with Crippen molar-refractivity contribution in [3.8, 4) is 0 Å². The van der Waals surface area contributed by atoms with Crippen LogP contribution in [0.15, 0.2) is 71.6 Å². The molecule has 1 aliphatic heterocycles. The van der Waals surface area contributed by atoms with E-state index in [1.54, 1.807) is 18.2 Å². The van der Waals surface area contributed by atoms with Crippen LogP contribution in [0, 0.1) is 20.8 Å². The first-order valence-electron chi connectivity index (χ1n) is 10.3. The van der Waals surface area contributed by atoms with Crippen LogP contribution in [0.4, 0.5) is 5.69 Å². The van der Waals surface area contributed by atoms with Gasteiger partial charge in [-0.1, -0.05) is 66.2 Å². The Morgan fingerprint density at radius 2 is 1.58 bits per heavy atom. The van der Waals surface area contributed by atoms with Gasteiger partial charge < -0.3 is 4.55 Å². The molecular formula is C25H26N2O3S. The first-order chi connectivity index (χ1) is 14.7. The Bertz CT molecular complexity index is 1230. The molecule has 0 spiro atoms. The lowest BCUT2D eigenvalue weighted by atomic mass is 10.0. The topological polar surface area (TPSA) is 63.5 Å². The fraction of sp³-hybridized carbons (Fsp3) is 0.240. The van der Waals surface area contributed by atoms with E-state index in [2.05, 4.69) is 60.9 Å². The molecule has 160 valence electrons. The van der Waals surface area contributed by atoms with Gasteiger partial charge in [-0.3, -0.25) is 4.58 Å². The molecule has 0 saturated heterocycles. The average Bonchev–Trinajstić information content (AvgIpc) is 3.10. The average molecular weight is 435 g/mol. The molecule has 4 rings (SSSR count). The van der Waals surface area contributed by atoms with E-state index in [4.69, 9.17) is 0 Å². The number of rotatable bonds is 5. The number of hydrogen-bond acceptors (Lipinski definition) is 4. The second-order valence-electron chi connectivity index (χ2n) is 8.18. The first kappa shape index (κ1) is 21.3. The van der Waals surface area contributed by atoms with Crippen molar-refractivity contribution in [3.63, 3.8) is 0 Å². The predicted octanol–water partition coefficient (Wildman–Crippen LogP) is 4.32. The summed E-state index contributed by atoms with van der Waals surface area (Å²) < 4.78 is 37.5. The zero-order valence-electron chi connectivity index (χ0n) is 17.9. The van der Waals surface area contributed by atoms with Crippen LogP contribution in [-0.2, 0) is 16.7 Å². The normalized spacial score (nSPS) is 16.5. The number of hydrogen-bond donors (Lipinski definition) is 0. The molecule has 0 bridgehead atoms. The summed E-state index contributed by atoms with van der Waals surface area (Å²) in [5.74, 6) is 0. The second kappa shape index (κ2) is 8.29. The van der Waals surface area contributed by atoms with Crippen LogP contribution in [0.2, 0.25) is 0 Å². The first-order valence-corrected chi connectivity index (χ1v) is 11.7. The highest BCUT2D eigenvalue weighted by Gasteiger charge is 2.35. The third kappa shape index (κ3) is 4.40. The van der Waals surface area contributed by atoms with Crippen LogP contribution in [0.3, 0.4) is 0 Å². The summed E-state index contributed by atoms with van der Waals surface area (Å²) in [6.45, 7) is 7.39. The van der Waals surface area contributed by atoms with Gasteiger partial charge in [0, 0.05) is 11.1 Å². The Balaban J connectivity index is 1.79. The summed E-state index contributed by atoms with van der Waals surface area (Å²) >= 11 is 0. The van der Waals surface area contributed by atoms with E-state index in [-0.39, 0.29) is 10.9 Å². The number of anilines is 1. The monoisotopic (exact) mass is 434 g/mol. The standard InChI is InChI=1S/C25H26N2O3S/c1-18-13-19(2)25(20(3)14-18)27-16-23(21-9-5-4-6-10-21)26(17-27)15-22-11-7-8-12-24(22)31(28,29)30/h4-14,17,23H,15-16H2,1-3H3/t23-/m1/s1. The molecule has 0 saturated carbocycles. The maximum absolute atomic E-state index is 11.8. The van der Waals surface area contributed by atoms with E-state index in [1.165, 1.54) is 28.4 Å². The molecule has 1 heterocycles. The summed E-state index contributed by atoms with van der Waals surface area (Å²) in [6, 6.07) is 21.0. The molecule has 6 heteroatoms. The molecular weight excluding hydrogens is 408 g/mol. The Kier molecular flexibility index (Phi) is 5.69. The Morgan fingerprint density at radius 3 is 2.23 bits per heavy atom. The predicted molar refractivity (Wildman–Crippen MR) is 122 cm³/mol. The number of benzene rings is 3. The van der Waals surface area contributed by atoms with Gasteiger partial charge in [0.25, 0.3) is 0 Å². The third-order valence-electron chi connectivity index (χ3n) is 5.76. The van der Waals surface area contributed by atoms with Gasteiger partial charge in [-0.25, -0.2) is 13.3 Å². The van der Waals surface area contributed by atoms with E-state index < -0.39 is 10.1 Å². The lowest BCUT2D eigenvalue weighted by Gasteiger charge is -2.17. The van der Waals surface area contributed by atoms with Crippen molar-refractivity contribution in [2.75, 3.05) is 11.4 Å². The van der Waals surface area contributed by atoms with Crippen molar-refractivity contribution < 1.29 is 17.5 Å². The van der Waals surface area contributed by atoms with Crippen molar-refractivity contribution in [2.45, 2.75) is 38.3 Å². The number of aryl methyl sites for hydroxylation is 3. The van der Waals surface area contributed by atoms with Crippen molar-refractivity contribution in [1.29, 1.82) is 0 Å². The smallest absolute Gasteiger partial charge is 0.240 e. The van der Waals surface area contributed by atoms with Crippen LogP contribution >= 0.6 is 0 Å². The van der Waals surface area contributed by atoms with E-state index in [1.807, 2.05) is 18.2 Å². The van der Waals surface area contributed by atoms with Gasteiger partial charge in [-0.15, -0.1) is 0 Å². The van der Waals surface area contributed by atoms with Crippen LogP contribution in [0.25, 0.3) is 0 Å². The van der Waals surface area contributed by atoms with Gasteiger partial charge in [-0.05, 0) is 38.0 Å². The van der Waals surface area contributed by atoms with Gasteiger partial charge >= 0.3 is 0 Å². The van der Waals surface area contributed by atoms with E-state index in [0.717, 1.165) is 12.1 Å². The summed E-state index contributed by atoms with van der Waals surface area (Å²) in [6.07, 6.45) is 2.05. The van der Waals surface area contributed by atoms with Crippen LogP contribution in [0.5, 0.6) is 0 Å². The second-order valence-corrected chi connectivity index (χ2v) is 9.52. The van der Waals surface area contributed by atoms with Crippen LogP contribution in [0.1, 0.15) is 33.9 Å². The van der Waals surface area contributed by atoms with Crippen LogP contribution in [-0.4, -0.2) is 30.4 Å². The maximum atomic E-state index is 11.8. The summed E-state index contributed by atoms with van der Waals surface area (Å²) in [7, 11) is -4.55. The van der Waals surface area contributed by atoms with Crippen molar-refractivity contribution in [2.24, 2.45) is 0 Å². The molecule has 3 aromatic rings. The lowest BCUT2D eigenvalue weighted by Crippen LogP contribution is -2.22. The zero-order valence-corrected chi connectivity index (χ0v) is 18.8. The van der Waals surface area contributed by atoms with Gasteiger partial charge in [0.1, 0.15) is 28.9 Å². The summed E-state index contributed by atoms with van der Waals surface area (Å²) in [4.78, 5) is 2.08. The quantitative estimate of drug-likeness (QED) is 0.443. The highest BCUT2D eigenvalue weighted by atomic mass is 32.2. The fourth-order valence-electron chi connectivity index (χ4n) is 4.57. The van der Waals surface area contributed by atoms with E-state index >= 15 is 0 Å². The van der Waals surface area contributed by atoms with Crippen LogP contribution < -0.4 is 4.90 Å². The third-order valence-corrected chi connectivity index (χ3v) is 6.70. The van der Waals surface area contributed by atoms with Crippen molar-refractivity contribution >= 4 is 22.1 Å². The van der Waals surface area contributed by atoms with Gasteiger partial charge in [0.15, 0.2) is 6.04 Å². The maximum Gasteiger partial charge on any atom is 0.240 e. The molecule has 0 fully saturated rings. The lowest BCUT2D eigenvalue weighted by molar-refractivity contribution is -0.574. The molecule has 0 radical (unpaired) electrons. The molecule has 1 atom stereocenters. The molecule has 1 aliphatic rings. The molecule has 0 aromatic heterocycles. The summed E-state index contributed by atoms with van der Waals surface area (Å²) in [5, 5.41) is 0. The highest BCUT2D eigenvalue weighted by Crippen LogP contribution is 2.32. The van der Waals surface area contributed by atoms with Gasteiger partial charge in [0.05, 0.1) is 4.90 Å². The molecule has 0 aliphatic carbocycles. The van der Waals surface area contributed by atoms with Crippen molar-refractivity contribution in [1.82, 2.24) is 0 Å². The fourth-order valence-corrected chi connectivity index (χ4v) is 5.27. The molecule has 3 aromatic carbocycles. The van der Waals surface area contributed by atoms with Gasteiger partial charge in [0.2, 0.25) is 6.34 Å². The highest BCUT2D eigenvalue weighted by molar-refractivity contribution is 7.85. The zero-order chi connectivity index (χ0) is 22.2. The number of nitrogens with zero attached hydrogens (tertiary/aromatic N) is 2. The SMILES string of the molecule is Cc1cc(C)c(N2C=[N+](Cc3ccccc3S(=O)(=O)[O-])[C@@H](c3ccccc3)C2)c(C)c1. The molecule has 0 N–H and O–H groups in total. The largest absolute Gasteiger partial charge is 0.744 e. The Morgan fingerprint density at radius 1 is 0.968 bits per heavy atom. The molecule has 31 heavy (non-hydrogen) atoms. The van der Waals surface area contributed by atoms with Gasteiger partial charge in [-0.2, -0.15) is 0 Å². The minimum atomic E-state index is -4.55. The summed E-state index contributed by atoms with van der Waals surface area (Å²) in [5.41, 5.74) is 6.44. The Labute approximate surface area is 184 Å². The minimum Gasteiger partial charge on any atom is -0.744 e. The van der Waals surface area contributed by atoms with Crippen molar-refractivity contribution in [3.05, 3.63) is 94.5 Å². The molecule has 0 amide bonds. The Hall–Kier alpha value is -2.96. The minimum absolute atomic E-state index is 0.0312. The van der Waals surface area contributed by atoms with E-state index in [0.29, 0.717) is 12.1 Å². The molecule has 0 unspecified atom stereocenters.